The van der Waals surface area contributed by atoms with Gasteiger partial charge in [0.25, 0.3) is 0 Å². The van der Waals surface area contributed by atoms with Gasteiger partial charge in [0.05, 0.1) is 5.41 Å². The van der Waals surface area contributed by atoms with Crippen LogP contribution in [0.15, 0.2) is 224 Å². The Hall–Kier alpha value is -7.42. The molecule has 1 spiro atoms. The standard InChI is InChI=1S/C55H37NO/c1-3-13-38(14-4-1)39-23-25-40(26-24-39)41-27-32-45(33-28-41)56(44-15-5-2-6-16-44)46-34-29-42(30-35-46)43-31-36-50-48(37-43)47-17-7-8-18-49(47)55(50)51-19-9-11-21-53(51)57-54-22-12-10-20-52(54)55/h1-37H. The van der Waals surface area contributed by atoms with E-state index in [2.05, 4.69) is 229 Å². The average molecular weight is 728 g/mol. The summed E-state index contributed by atoms with van der Waals surface area (Å²) in [4.78, 5) is 2.33. The van der Waals surface area contributed by atoms with Crippen LogP contribution in [0.5, 0.6) is 11.5 Å². The van der Waals surface area contributed by atoms with Gasteiger partial charge in [-0.05, 0) is 110 Å². The Kier molecular flexibility index (Phi) is 7.75. The van der Waals surface area contributed by atoms with Crippen molar-refractivity contribution in [3.63, 3.8) is 0 Å². The molecule has 57 heavy (non-hydrogen) atoms. The average Bonchev–Trinajstić information content (AvgIpc) is 3.58. The molecule has 2 heteroatoms. The van der Waals surface area contributed by atoms with Crippen LogP contribution in [-0.2, 0) is 5.41 Å². The van der Waals surface area contributed by atoms with Crippen molar-refractivity contribution in [1.82, 2.24) is 0 Å². The first kappa shape index (κ1) is 33.0. The molecular formula is C55H37NO. The number of hydrogen-bond acceptors (Lipinski definition) is 2. The van der Waals surface area contributed by atoms with E-state index in [-0.39, 0.29) is 0 Å². The van der Waals surface area contributed by atoms with Crippen molar-refractivity contribution in [2.24, 2.45) is 0 Å². The van der Waals surface area contributed by atoms with E-state index < -0.39 is 5.41 Å². The fourth-order valence-electron chi connectivity index (χ4n) is 9.15. The maximum Gasteiger partial charge on any atom is 0.132 e. The summed E-state index contributed by atoms with van der Waals surface area (Å²) < 4.78 is 6.52. The normalized spacial score (nSPS) is 12.8. The highest BCUT2D eigenvalue weighted by atomic mass is 16.5. The van der Waals surface area contributed by atoms with Gasteiger partial charge in [-0.25, -0.2) is 0 Å². The van der Waals surface area contributed by atoms with Gasteiger partial charge in [-0.1, -0.05) is 170 Å². The number of para-hydroxylation sites is 3. The molecule has 9 aromatic rings. The second-order valence-corrected chi connectivity index (χ2v) is 14.9. The predicted octanol–water partition coefficient (Wildman–Crippen LogP) is 14.6. The minimum atomic E-state index is -0.461. The zero-order valence-corrected chi connectivity index (χ0v) is 31.2. The van der Waals surface area contributed by atoms with Crippen LogP contribution in [0.25, 0.3) is 44.5 Å². The van der Waals surface area contributed by atoms with Crippen LogP contribution in [0.1, 0.15) is 22.3 Å². The highest BCUT2D eigenvalue weighted by Crippen LogP contribution is 2.62. The first-order valence-corrected chi connectivity index (χ1v) is 19.6. The fourth-order valence-corrected chi connectivity index (χ4v) is 9.15. The van der Waals surface area contributed by atoms with Gasteiger partial charge in [0.1, 0.15) is 11.5 Å². The summed E-state index contributed by atoms with van der Waals surface area (Å²) in [5.74, 6) is 1.82. The second-order valence-electron chi connectivity index (χ2n) is 14.9. The van der Waals surface area contributed by atoms with Crippen LogP contribution in [0.4, 0.5) is 17.1 Å². The summed E-state index contributed by atoms with van der Waals surface area (Å²) in [6.45, 7) is 0. The first-order chi connectivity index (χ1) is 28.3. The van der Waals surface area contributed by atoms with Crippen LogP contribution in [-0.4, -0.2) is 0 Å². The molecule has 11 rings (SSSR count). The molecule has 0 radical (unpaired) electrons. The lowest BCUT2D eigenvalue weighted by atomic mass is 9.66. The highest BCUT2D eigenvalue weighted by molar-refractivity contribution is 5.91. The minimum Gasteiger partial charge on any atom is -0.457 e. The molecule has 0 unspecified atom stereocenters. The minimum absolute atomic E-state index is 0.461. The van der Waals surface area contributed by atoms with Gasteiger partial charge in [0.2, 0.25) is 0 Å². The van der Waals surface area contributed by atoms with Crippen LogP contribution >= 0.6 is 0 Å². The Morgan fingerprint density at radius 3 is 1.25 bits per heavy atom. The molecule has 0 N–H and O–H groups in total. The molecule has 0 saturated heterocycles. The SMILES string of the molecule is c1ccc(-c2ccc(-c3ccc(N(c4ccccc4)c4ccc(-c5ccc6c(c5)-c5ccccc5C65c6ccccc6Oc6ccccc65)cc4)cc3)cc2)cc1. The summed E-state index contributed by atoms with van der Waals surface area (Å²) in [5, 5.41) is 0. The van der Waals surface area contributed by atoms with E-state index in [1.807, 2.05) is 0 Å². The molecule has 0 amide bonds. The Morgan fingerprint density at radius 2 is 0.667 bits per heavy atom. The third kappa shape index (κ3) is 5.33. The van der Waals surface area contributed by atoms with E-state index in [1.165, 1.54) is 66.8 Å². The molecule has 0 aromatic heterocycles. The van der Waals surface area contributed by atoms with Gasteiger partial charge < -0.3 is 9.64 Å². The maximum atomic E-state index is 6.52. The lowest BCUT2D eigenvalue weighted by Gasteiger charge is -2.39. The van der Waals surface area contributed by atoms with Crippen molar-refractivity contribution in [3.8, 4) is 56.0 Å². The van der Waals surface area contributed by atoms with Crippen molar-refractivity contribution in [2.75, 3.05) is 4.90 Å². The molecule has 268 valence electrons. The molecule has 0 bridgehead atoms. The summed E-state index contributed by atoms with van der Waals surface area (Å²) in [7, 11) is 0. The lowest BCUT2D eigenvalue weighted by Crippen LogP contribution is -2.32. The van der Waals surface area contributed by atoms with Crippen LogP contribution in [0, 0.1) is 0 Å². The summed E-state index contributed by atoms with van der Waals surface area (Å²) in [6, 6.07) is 80.9. The smallest absolute Gasteiger partial charge is 0.132 e. The monoisotopic (exact) mass is 727 g/mol. The van der Waals surface area contributed by atoms with Crippen molar-refractivity contribution in [3.05, 3.63) is 247 Å². The number of anilines is 3. The van der Waals surface area contributed by atoms with Crippen LogP contribution < -0.4 is 9.64 Å². The van der Waals surface area contributed by atoms with Gasteiger partial charge in [-0.2, -0.15) is 0 Å². The molecule has 2 nitrogen and oxygen atoms in total. The summed E-state index contributed by atoms with van der Waals surface area (Å²) in [5.41, 5.74) is 17.5. The molecule has 2 aliphatic rings. The van der Waals surface area contributed by atoms with Gasteiger partial charge in [0.15, 0.2) is 0 Å². The van der Waals surface area contributed by atoms with Crippen LogP contribution in [0.3, 0.4) is 0 Å². The zero-order chi connectivity index (χ0) is 37.8. The number of fused-ring (bicyclic) bond motifs is 9. The Bertz CT molecular complexity index is 2850. The van der Waals surface area contributed by atoms with E-state index >= 15 is 0 Å². The Labute approximate surface area is 333 Å². The quantitative estimate of drug-likeness (QED) is 0.169. The number of nitrogens with zero attached hydrogens (tertiary/aromatic N) is 1. The van der Waals surface area contributed by atoms with Crippen molar-refractivity contribution >= 4 is 17.1 Å². The van der Waals surface area contributed by atoms with E-state index in [4.69, 9.17) is 4.74 Å². The maximum absolute atomic E-state index is 6.52. The second kappa shape index (κ2) is 13.4. The molecule has 1 aliphatic heterocycles. The number of hydrogen-bond donors (Lipinski definition) is 0. The molecule has 0 fully saturated rings. The van der Waals surface area contributed by atoms with Gasteiger partial charge in [0, 0.05) is 28.2 Å². The largest absolute Gasteiger partial charge is 0.457 e. The molecule has 0 atom stereocenters. The Balaban J connectivity index is 0.951. The third-order valence-electron chi connectivity index (χ3n) is 11.8. The summed E-state index contributed by atoms with van der Waals surface area (Å²) in [6.07, 6.45) is 0. The van der Waals surface area contributed by atoms with Gasteiger partial charge in [-0.15, -0.1) is 0 Å². The highest BCUT2D eigenvalue weighted by Gasteiger charge is 2.50. The first-order valence-electron chi connectivity index (χ1n) is 19.6. The topological polar surface area (TPSA) is 12.5 Å². The Morgan fingerprint density at radius 1 is 0.281 bits per heavy atom. The van der Waals surface area contributed by atoms with Crippen molar-refractivity contribution in [2.45, 2.75) is 5.41 Å². The van der Waals surface area contributed by atoms with Gasteiger partial charge in [-0.3, -0.25) is 0 Å². The molecule has 1 aliphatic carbocycles. The third-order valence-corrected chi connectivity index (χ3v) is 11.8. The number of ether oxygens (including phenoxy) is 1. The van der Waals surface area contributed by atoms with Crippen molar-refractivity contribution < 1.29 is 4.74 Å². The molecule has 0 saturated carbocycles. The van der Waals surface area contributed by atoms with Gasteiger partial charge >= 0.3 is 0 Å². The van der Waals surface area contributed by atoms with E-state index in [0.29, 0.717) is 0 Å². The number of benzene rings is 9. The number of rotatable bonds is 6. The predicted molar refractivity (Wildman–Crippen MR) is 235 cm³/mol. The zero-order valence-electron chi connectivity index (χ0n) is 31.2. The summed E-state index contributed by atoms with van der Waals surface area (Å²) >= 11 is 0. The fraction of sp³-hybridized carbons (Fsp3) is 0.0182. The van der Waals surface area contributed by atoms with E-state index in [1.54, 1.807) is 0 Å². The molecular weight excluding hydrogens is 691 g/mol. The molecule has 1 heterocycles. The van der Waals surface area contributed by atoms with E-state index in [9.17, 15) is 0 Å². The van der Waals surface area contributed by atoms with Crippen LogP contribution in [0.2, 0.25) is 0 Å². The molecule has 9 aromatic carbocycles. The lowest BCUT2D eigenvalue weighted by molar-refractivity contribution is 0.436. The van der Waals surface area contributed by atoms with Crippen molar-refractivity contribution in [1.29, 1.82) is 0 Å². The van der Waals surface area contributed by atoms with E-state index in [0.717, 1.165) is 28.6 Å².